The van der Waals surface area contributed by atoms with E-state index in [2.05, 4.69) is 62.8 Å². The maximum absolute atomic E-state index is 5.11. The Hall–Kier alpha value is 1.10. The third-order valence-corrected chi connectivity index (χ3v) is 5.75. The van der Waals surface area contributed by atoms with Crippen LogP contribution in [0.1, 0.15) is 105 Å². The molecular formula is C22H46N2S4Zn. The first kappa shape index (κ1) is 34.7. The Morgan fingerprint density at radius 2 is 0.724 bits per heavy atom. The minimum atomic E-state index is 0. The largest absolute Gasteiger partial charge is 0.358 e. The molecule has 0 aromatic rings. The van der Waals surface area contributed by atoms with Crippen LogP contribution in [-0.2, 0) is 19.5 Å². The first-order valence-electron chi connectivity index (χ1n) is 11.4. The maximum Gasteiger partial charge on any atom is 0.133 e. The Bertz CT molecular complexity index is 317. The maximum atomic E-state index is 5.11. The van der Waals surface area contributed by atoms with Gasteiger partial charge in [0.1, 0.15) is 8.64 Å². The zero-order valence-electron chi connectivity index (χ0n) is 19.6. The number of nitrogens with zero attached hydrogens (tertiary/aromatic N) is 2. The van der Waals surface area contributed by atoms with E-state index >= 15 is 0 Å². The van der Waals surface area contributed by atoms with Gasteiger partial charge in [-0.2, -0.15) is 0 Å². The van der Waals surface area contributed by atoms with Gasteiger partial charge in [-0.1, -0.05) is 103 Å². The van der Waals surface area contributed by atoms with Crippen molar-refractivity contribution < 1.29 is 19.5 Å². The Kier molecular flexibility index (Phi) is 32.5. The minimum Gasteiger partial charge on any atom is -0.358 e. The third-order valence-electron chi connectivity index (χ3n) is 4.67. The van der Waals surface area contributed by atoms with Crippen LogP contribution in [0.25, 0.3) is 0 Å². The molecule has 0 aromatic carbocycles. The predicted octanol–water partition coefficient (Wildman–Crippen LogP) is 7.76. The summed E-state index contributed by atoms with van der Waals surface area (Å²) in [5.41, 5.74) is 0. The van der Waals surface area contributed by atoms with E-state index in [1.165, 1.54) is 77.0 Å². The molecule has 2 nitrogen and oxygen atoms in total. The molecule has 0 amide bonds. The monoisotopic (exact) mass is 530 g/mol. The molecule has 0 aliphatic rings. The molecule has 0 aliphatic carbocycles. The molecule has 0 bridgehead atoms. The average Bonchev–Trinajstić information content (AvgIpc) is 2.66. The molecule has 0 saturated carbocycles. The summed E-state index contributed by atoms with van der Waals surface area (Å²) in [4.78, 5) is 4.45. The van der Waals surface area contributed by atoms with E-state index in [4.69, 9.17) is 24.4 Å². The van der Waals surface area contributed by atoms with Crippen molar-refractivity contribution in [2.24, 2.45) is 0 Å². The van der Waals surface area contributed by atoms with Crippen molar-refractivity contribution in [1.82, 2.24) is 9.80 Å². The van der Waals surface area contributed by atoms with E-state index in [0.29, 0.717) is 0 Å². The van der Waals surface area contributed by atoms with Gasteiger partial charge in [-0.3, -0.25) is 0 Å². The number of unbranched alkanes of at least 4 members (excludes halogenated alkanes) is 8. The Labute approximate surface area is 217 Å². The molecule has 29 heavy (non-hydrogen) atoms. The first-order chi connectivity index (χ1) is 13.4. The smallest absolute Gasteiger partial charge is 0.133 e. The quantitative estimate of drug-likeness (QED) is 0.0908. The fourth-order valence-corrected chi connectivity index (χ4v) is 3.58. The molecule has 0 unspecified atom stereocenters. The van der Waals surface area contributed by atoms with Crippen molar-refractivity contribution in [2.75, 3.05) is 26.2 Å². The molecule has 0 heterocycles. The Morgan fingerprint density at radius 1 is 0.517 bits per heavy atom. The first-order valence-corrected chi connectivity index (χ1v) is 13.1. The number of hydrogen-bond donors (Lipinski definition) is 2. The van der Waals surface area contributed by atoms with E-state index in [1.54, 1.807) is 0 Å². The summed E-state index contributed by atoms with van der Waals surface area (Å²) in [5, 5.41) is 0. The van der Waals surface area contributed by atoms with Crippen LogP contribution >= 0.6 is 49.7 Å². The van der Waals surface area contributed by atoms with Gasteiger partial charge in [0.15, 0.2) is 0 Å². The van der Waals surface area contributed by atoms with Crippen LogP contribution < -0.4 is 0 Å². The summed E-state index contributed by atoms with van der Waals surface area (Å²) in [5.74, 6) is 0. The zero-order chi connectivity index (χ0) is 21.6. The summed E-state index contributed by atoms with van der Waals surface area (Å²) in [6, 6.07) is 0. The standard InChI is InChI=1S/2C11H23NS2.Zn/c2*1-3-5-7-9-12(11(13)14)10-8-6-4-2;/h2*3-10H2,1-2H3,(H,13,14);. The zero-order valence-corrected chi connectivity index (χ0v) is 26.0. The van der Waals surface area contributed by atoms with Crippen LogP contribution in [0.4, 0.5) is 0 Å². The van der Waals surface area contributed by atoms with Gasteiger partial charge >= 0.3 is 0 Å². The fourth-order valence-electron chi connectivity index (χ4n) is 2.82. The number of thiocarbonyl (C=S) groups is 2. The van der Waals surface area contributed by atoms with Crippen LogP contribution in [0, 0.1) is 0 Å². The van der Waals surface area contributed by atoms with Crippen molar-refractivity contribution >= 4 is 58.3 Å². The number of thiol groups is 2. The normalized spacial score (nSPS) is 9.86. The summed E-state index contributed by atoms with van der Waals surface area (Å²) < 4.78 is 1.52. The van der Waals surface area contributed by atoms with E-state index in [1.807, 2.05) is 0 Å². The van der Waals surface area contributed by atoms with Crippen molar-refractivity contribution in [2.45, 2.75) is 105 Å². The SMILES string of the molecule is CCCCCN(CCCCC)C(=S)S.CCCCCN(CCCCC)C(=S)S.[Zn]. The molecule has 7 heteroatoms. The van der Waals surface area contributed by atoms with Crippen LogP contribution in [0.15, 0.2) is 0 Å². The summed E-state index contributed by atoms with van der Waals surface area (Å²) in [6.45, 7) is 13.2. The molecule has 0 spiro atoms. The van der Waals surface area contributed by atoms with Gasteiger partial charge < -0.3 is 9.80 Å². The summed E-state index contributed by atoms with van der Waals surface area (Å²) >= 11 is 18.7. The molecule has 0 rings (SSSR count). The third kappa shape index (κ3) is 25.2. The van der Waals surface area contributed by atoms with E-state index < -0.39 is 0 Å². The number of rotatable bonds is 16. The molecule has 0 aromatic heterocycles. The van der Waals surface area contributed by atoms with Crippen LogP contribution in [0.3, 0.4) is 0 Å². The molecule has 0 saturated heterocycles. The molecule has 0 N–H and O–H groups in total. The van der Waals surface area contributed by atoms with Crippen molar-refractivity contribution in [3.63, 3.8) is 0 Å². The van der Waals surface area contributed by atoms with E-state index in [-0.39, 0.29) is 19.5 Å². The van der Waals surface area contributed by atoms with Crippen molar-refractivity contribution in [3.05, 3.63) is 0 Å². The second-order valence-corrected chi connectivity index (χ2v) is 9.59. The number of hydrogen-bond acceptors (Lipinski definition) is 2. The van der Waals surface area contributed by atoms with Gasteiger partial charge in [0.05, 0.1) is 0 Å². The summed E-state index contributed by atoms with van der Waals surface area (Å²) in [7, 11) is 0. The molecule has 0 radical (unpaired) electrons. The average molecular weight is 532 g/mol. The van der Waals surface area contributed by atoms with Gasteiger partial charge in [0.25, 0.3) is 0 Å². The van der Waals surface area contributed by atoms with Gasteiger partial charge in [0, 0.05) is 45.7 Å². The van der Waals surface area contributed by atoms with Gasteiger partial charge in [-0.15, -0.1) is 25.3 Å². The molecule has 0 fully saturated rings. The second-order valence-electron chi connectivity index (χ2n) is 7.37. The fraction of sp³-hybridized carbons (Fsp3) is 0.909. The Morgan fingerprint density at radius 3 is 0.862 bits per heavy atom. The van der Waals surface area contributed by atoms with Gasteiger partial charge in [0.2, 0.25) is 0 Å². The second kappa shape index (κ2) is 27.1. The molecule has 0 aliphatic heterocycles. The molecule has 170 valence electrons. The van der Waals surface area contributed by atoms with Crippen LogP contribution in [0.5, 0.6) is 0 Å². The van der Waals surface area contributed by atoms with Gasteiger partial charge in [-0.25, -0.2) is 0 Å². The summed E-state index contributed by atoms with van der Waals surface area (Å²) in [6.07, 6.45) is 15.2. The molecule has 0 atom stereocenters. The van der Waals surface area contributed by atoms with E-state index in [0.717, 1.165) is 34.8 Å². The van der Waals surface area contributed by atoms with Crippen molar-refractivity contribution in [3.8, 4) is 0 Å². The van der Waals surface area contributed by atoms with Crippen LogP contribution in [0.2, 0.25) is 0 Å². The van der Waals surface area contributed by atoms with Crippen molar-refractivity contribution in [1.29, 1.82) is 0 Å². The minimum absolute atomic E-state index is 0. The van der Waals surface area contributed by atoms with Gasteiger partial charge in [-0.05, 0) is 25.7 Å². The predicted molar refractivity (Wildman–Crippen MR) is 144 cm³/mol. The molecular weight excluding hydrogens is 486 g/mol. The van der Waals surface area contributed by atoms with E-state index in [9.17, 15) is 0 Å². The topological polar surface area (TPSA) is 6.48 Å². The van der Waals surface area contributed by atoms with Crippen LogP contribution in [-0.4, -0.2) is 44.6 Å². The Balaban J connectivity index is -0.000000451.